The van der Waals surface area contributed by atoms with Gasteiger partial charge >= 0.3 is 0 Å². The molecule has 0 saturated heterocycles. The molecule has 1 N–H and O–H groups in total. The number of amides is 2. The van der Waals surface area contributed by atoms with Crippen LogP contribution in [0, 0.1) is 20.8 Å². The van der Waals surface area contributed by atoms with Gasteiger partial charge in [0.2, 0.25) is 5.91 Å². The van der Waals surface area contributed by atoms with Gasteiger partial charge in [0.05, 0.1) is 7.11 Å². The molecule has 0 aromatic heterocycles. The standard InChI is InChI=1S/C32H40N2O4/c1-22-16-23(2)24(3)29(17-22)38-21-30(35)34(20-26-14-11-15-27(18-26)37-7)28(31(36)33-32(4,5)6)19-25-12-9-8-10-13-25/h8-18,28H,19-21H2,1-7H3,(H,33,36)/t28-/m1/s1. The minimum Gasteiger partial charge on any atom is -0.497 e. The number of methoxy groups -OCH3 is 1. The van der Waals surface area contributed by atoms with E-state index >= 15 is 0 Å². The summed E-state index contributed by atoms with van der Waals surface area (Å²) in [6.45, 7) is 11.9. The summed E-state index contributed by atoms with van der Waals surface area (Å²) in [7, 11) is 1.61. The molecule has 0 bridgehead atoms. The Balaban J connectivity index is 1.98. The van der Waals surface area contributed by atoms with Crippen LogP contribution in [-0.4, -0.2) is 42.0 Å². The number of hydrogen-bond acceptors (Lipinski definition) is 4. The lowest BCUT2D eigenvalue weighted by molar-refractivity contribution is -0.143. The fourth-order valence-corrected chi connectivity index (χ4v) is 4.35. The quantitative estimate of drug-likeness (QED) is 0.383. The predicted molar refractivity (Wildman–Crippen MR) is 152 cm³/mol. The molecule has 0 unspecified atom stereocenters. The zero-order chi connectivity index (χ0) is 27.9. The highest BCUT2D eigenvalue weighted by atomic mass is 16.5. The summed E-state index contributed by atoms with van der Waals surface area (Å²) in [5.41, 5.74) is 4.54. The lowest BCUT2D eigenvalue weighted by atomic mass is 10.0. The topological polar surface area (TPSA) is 67.9 Å². The molecule has 0 fully saturated rings. The highest BCUT2D eigenvalue weighted by Gasteiger charge is 2.32. The summed E-state index contributed by atoms with van der Waals surface area (Å²) in [5, 5.41) is 3.08. The average molecular weight is 517 g/mol. The molecule has 0 aliphatic rings. The van der Waals surface area contributed by atoms with E-state index in [-0.39, 0.29) is 25.0 Å². The first-order valence-electron chi connectivity index (χ1n) is 13.0. The molecular formula is C32H40N2O4. The Morgan fingerprint density at radius 3 is 2.26 bits per heavy atom. The van der Waals surface area contributed by atoms with Crippen LogP contribution in [0.3, 0.4) is 0 Å². The summed E-state index contributed by atoms with van der Waals surface area (Å²) in [6.07, 6.45) is 0.376. The Morgan fingerprint density at radius 2 is 1.61 bits per heavy atom. The smallest absolute Gasteiger partial charge is 0.261 e. The molecule has 0 heterocycles. The molecule has 3 aromatic carbocycles. The summed E-state index contributed by atoms with van der Waals surface area (Å²) in [6, 6.07) is 20.6. The summed E-state index contributed by atoms with van der Waals surface area (Å²) in [5.74, 6) is 0.892. The van der Waals surface area contributed by atoms with E-state index in [1.165, 1.54) is 0 Å². The first kappa shape index (κ1) is 28.8. The SMILES string of the molecule is COc1cccc(CN(C(=O)COc2cc(C)cc(C)c2C)[C@H](Cc2ccccc2)C(=O)NC(C)(C)C)c1. The first-order chi connectivity index (χ1) is 18.0. The molecule has 0 saturated carbocycles. The number of nitrogens with one attached hydrogen (secondary N) is 1. The van der Waals surface area contributed by atoms with Gasteiger partial charge in [-0.25, -0.2) is 0 Å². The Labute approximate surface area is 227 Å². The van der Waals surface area contributed by atoms with Crippen molar-refractivity contribution in [1.82, 2.24) is 10.2 Å². The van der Waals surface area contributed by atoms with E-state index < -0.39 is 11.6 Å². The fraction of sp³-hybridized carbons (Fsp3) is 0.375. The second-order valence-corrected chi connectivity index (χ2v) is 10.8. The second kappa shape index (κ2) is 12.6. The summed E-state index contributed by atoms with van der Waals surface area (Å²) in [4.78, 5) is 29.1. The highest BCUT2D eigenvalue weighted by Crippen LogP contribution is 2.24. The lowest BCUT2D eigenvalue weighted by Gasteiger charge is -2.34. The van der Waals surface area contributed by atoms with Crippen molar-refractivity contribution in [3.05, 3.63) is 94.5 Å². The van der Waals surface area contributed by atoms with Crippen molar-refractivity contribution >= 4 is 11.8 Å². The molecule has 3 rings (SSSR count). The Bertz CT molecular complexity index is 1250. The molecular weight excluding hydrogens is 476 g/mol. The van der Waals surface area contributed by atoms with Crippen LogP contribution in [0.4, 0.5) is 0 Å². The average Bonchev–Trinajstić information content (AvgIpc) is 2.86. The molecule has 0 spiro atoms. The lowest BCUT2D eigenvalue weighted by Crippen LogP contribution is -2.55. The molecule has 6 heteroatoms. The number of rotatable bonds is 10. The number of hydrogen-bond donors (Lipinski definition) is 1. The number of nitrogens with zero attached hydrogens (tertiary/aromatic N) is 1. The monoisotopic (exact) mass is 516 g/mol. The van der Waals surface area contributed by atoms with E-state index in [4.69, 9.17) is 9.47 Å². The van der Waals surface area contributed by atoms with Crippen molar-refractivity contribution in [3.63, 3.8) is 0 Å². The second-order valence-electron chi connectivity index (χ2n) is 10.8. The van der Waals surface area contributed by atoms with Crippen LogP contribution in [0.2, 0.25) is 0 Å². The number of carbonyl (C=O) groups excluding carboxylic acids is 2. The first-order valence-corrected chi connectivity index (χ1v) is 13.0. The van der Waals surface area contributed by atoms with E-state index in [9.17, 15) is 9.59 Å². The van der Waals surface area contributed by atoms with Crippen LogP contribution in [-0.2, 0) is 22.6 Å². The number of ether oxygens (including phenoxy) is 2. The molecule has 202 valence electrons. The van der Waals surface area contributed by atoms with Crippen LogP contribution in [0.1, 0.15) is 48.6 Å². The van der Waals surface area contributed by atoms with E-state index in [1.807, 2.05) is 102 Å². The van der Waals surface area contributed by atoms with Crippen molar-refractivity contribution in [1.29, 1.82) is 0 Å². The fourth-order valence-electron chi connectivity index (χ4n) is 4.35. The molecule has 0 radical (unpaired) electrons. The van der Waals surface area contributed by atoms with Gasteiger partial charge in [-0.3, -0.25) is 9.59 Å². The maximum atomic E-state index is 13.8. The van der Waals surface area contributed by atoms with Gasteiger partial charge in [-0.05, 0) is 87.6 Å². The van der Waals surface area contributed by atoms with E-state index in [0.29, 0.717) is 17.9 Å². The van der Waals surface area contributed by atoms with Crippen molar-refractivity contribution in [2.45, 2.75) is 66.1 Å². The minimum absolute atomic E-state index is 0.179. The van der Waals surface area contributed by atoms with Crippen molar-refractivity contribution in [2.75, 3.05) is 13.7 Å². The number of benzene rings is 3. The maximum Gasteiger partial charge on any atom is 0.261 e. The van der Waals surface area contributed by atoms with Gasteiger partial charge in [-0.2, -0.15) is 0 Å². The highest BCUT2D eigenvalue weighted by molar-refractivity contribution is 5.89. The normalized spacial score (nSPS) is 12.0. The predicted octanol–water partition coefficient (Wildman–Crippen LogP) is 5.55. The van der Waals surface area contributed by atoms with Gasteiger partial charge in [-0.15, -0.1) is 0 Å². The molecule has 6 nitrogen and oxygen atoms in total. The van der Waals surface area contributed by atoms with Crippen LogP contribution in [0.25, 0.3) is 0 Å². The van der Waals surface area contributed by atoms with Crippen LogP contribution in [0.5, 0.6) is 11.5 Å². The zero-order valence-electron chi connectivity index (χ0n) is 23.6. The Morgan fingerprint density at radius 1 is 0.921 bits per heavy atom. The van der Waals surface area contributed by atoms with Crippen LogP contribution < -0.4 is 14.8 Å². The third-order valence-electron chi connectivity index (χ3n) is 6.37. The summed E-state index contributed by atoms with van der Waals surface area (Å²) >= 11 is 0. The van der Waals surface area contributed by atoms with Gasteiger partial charge in [0, 0.05) is 18.5 Å². The van der Waals surface area contributed by atoms with Crippen molar-refractivity contribution in [3.8, 4) is 11.5 Å². The molecule has 1 atom stereocenters. The third kappa shape index (κ3) is 8.10. The summed E-state index contributed by atoms with van der Waals surface area (Å²) < 4.78 is 11.5. The minimum atomic E-state index is -0.737. The van der Waals surface area contributed by atoms with Crippen molar-refractivity contribution < 1.29 is 19.1 Å². The van der Waals surface area contributed by atoms with Crippen molar-refractivity contribution in [2.24, 2.45) is 0 Å². The zero-order valence-corrected chi connectivity index (χ0v) is 23.6. The number of carbonyl (C=O) groups is 2. The third-order valence-corrected chi connectivity index (χ3v) is 6.37. The van der Waals surface area contributed by atoms with Gasteiger partial charge in [0.1, 0.15) is 17.5 Å². The van der Waals surface area contributed by atoms with E-state index in [0.717, 1.165) is 27.8 Å². The van der Waals surface area contributed by atoms with Gasteiger partial charge in [0.15, 0.2) is 6.61 Å². The Hall–Kier alpha value is -3.80. The molecule has 2 amide bonds. The Kier molecular flexibility index (Phi) is 9.56. The van der Waals surface area contributed by atoms with Gasteiger partial charge in [-0.1, -0.05) is 48.5 Å². The van der Waals surface area contributed by atoms with Crippen LogP contribution in [0.15, 0.2) is 66.7 Å². The molecule has 0 aliphatic carbocycles. The maximum absolute atomic E-state index is 13.8. The largest absolute Gasteiger partial charge is 0.497 e. The van der Waals surface area contributed by atoms with Gasteiger partial charge < -0.3 is 19.7 Å². The molecule has 38 heavy (non-hydrogen) atoms. The van der Waals surface area contributed by atoms with Crippen LogP contribution >= 0.6 is 0 Å². The number of aryl methyl sites for hydroxylation is 2. The molecule has 0 aliphatic heterocycles. The van der Waals surface area contributed by atoms with E-state index in [2.05, 4.69) is 11.4 Å². The molecule has 3 aromatic rings. The van der Waals surface area contributed by atoms with Gasteiger partial charge in [0.25, 0.3) is 5.91 Å². The van der Waals surface area contributed by atoms with E-state index in [1.54, 1.807) is 12.0 Å².